The fourth-order valence-corrected chi connectivity index (χ4v) is 3.99. The first-order chi connectivity index (χ1) is 13.1. The van der Waals surface area contributed by atoms with Gasteiger partial charge in [-0.2, -0.15) is 0 Å². The van der Waals surface area contributed by atoms with Crippen LogP contribution in [0.3, 0.4) is 0 Å². The molecular weight excluding hydrogens is 358 g/mol. The Morgan fingerprint density at radius 2 is 2.15 bits per heavy atom. The maximum atomic E-state index is 12.2. The molecule has 6 nitrogen and oxygen atoms in total. The van der Waals surface area contributed by atoms with Crippen LogP contribution in [0, 0.1) is 6.92 Å². The number of amides is 1. The van der Waals surface area contributed by atoms with E-state index in [-0.39, 0.29) is 5.91 Å². The number of anilines is 1. The van der Waals surface area contributed by atoms with Gasteiger partial charge in [0.25, 0.3) is 0 Å². The number of rotatable bonds is 10. The van der Waals surface area contributed by atoms with E-state index in [0.717, 1.165) is 30.6 Å². The molecule has 0 saturated heterocycles. The van der Waals surface area contributed by atoms with Crippen molar-refractivity contribution in [1.29, 1.82) is 0 Å². The van der Waals surface area contributed by atoms with Crippen molar-refractivity contribution >= 4 is 23.4 Å². The molecule has 1 aliphatic rings. The molecular formula is C20H29N5OS. The predicted molar refractivity (Wildman–Crippen MR) is 110 cm³/mol. The van der Waals surface area contributed by atoms with Crippen molar-refractivity contribution in [1.82, 2.24) is 20.1 Å². The molecule has 0 spiro atoms. The van der Waals surface area contributed by atoms with Gasteiger partial charge in [-0.3, -0.25) is 4.79 Å². The Kier molecular flexibility index (Phi) is 6.77. The molecule has 0 aliphatic heterocycles. The second kappa shape index (κ2) is 9.26. The minimum absolute atomic E-state index is 0.0407. The third-order valence-corrected chi connectivity index (χ3v) is 5.76. The molecule has 0 unspecified atom stereocenters. The molecule has 7 heteroatoms. The van der Waals surface area contributed by atoms with Gasteiger partial charge in [-0.05, 0) is 51.3 Å². The van der Waals surface area contributed by atoms with Gasteiger partial charge in [0.05, 0.1) is 5.75 Å². The van der Waals surface area contributed by atoms with Crippen molar-refractivity contribution < 1.29 is 4.79 Å². The first-order valence-electron chi connectivity index (χ1n) is 9.76. The number of carbonyl (C=O) groups is 1. The molecule has 2 aromatic rings. The largest absolute Gasteiger partial charge is 0.370 e. The number of aryl methyl sites for hydroxylation is 1. The summed E-state index contributed by atoms with van der Waals surface area (Å²) in [5, 5.41) is 12.5. The lowest BCUT2D eigenvalue weighted by Crippen LogP contribution is -2.35. The Morgan fingerprint density at radius 1 is 1.33 bits per heavy atom. The molecule has 1 N–H and O–H groups in total. The van der Waals surface area contributed by atoms with Crippen LogP contribution in [0.2, 0.25) is 0 Å². The van der Waals surface area contributed by atoms with E-state index >= 15 is 0 Å². The molecule has 1 aromatic heterocycles. The Labute approximate surface area is 165 Å². The Morgan fingerprint density at radius 3 is 2.81 bits per heavy atom. The summed E-state index contributed by atoms with van der Waals surface area (Å²) in [7, 11) is 0. The number of carbonyl (C=O) groups excluding carboxylic acids is 1. The third-order valence-electron chi connectivity index (χ3n) is 4.79. The Hall–Kier alpha value is -2.02. The molecule has 3 rings (SSSR count). The summed E-state index contributed by atoms with van der Waals surface area (Å²) >= 11 is 1.47. The van der Waals surface area contributed by atoms with Crippen LogP contribution in [0.1, 0.15) is 44.0 Å². The number of hydrogen-bond acceptors (Lipinski definition) is 5. The maximum Gasteiger partial charge on any atom is 0.230 e. The number of nitrogens with zero attached hydrogens (tertiary/aromatic N) is 4. The monoisotopic (exact) mass is 387 g/mol. The Bertz CT molecular complexity index is 771. The van der Waals surface area contributed by atoms with E-state index in [4.69, 9.17) is 0 Å². The van der Waals surface area contributed by atoms with Crippen LogP contribution in [0.4, 0.5) is 5.69 Å². The molecule has 1 aliphatic carbocycles. The number of benzene rings is 1. The van der Waals surface area contributed by atoms with E-state index in [0.29, 0.717) is 18.2 Å². The molecule has 27 heavy (non-hydrogen) atoms. The first kappa shape index (κ1) is 19.7. The van der Waals surface area contributed by atoms with Crippen LogP contribution in [0.25, 0.3) is 0 Å². The molecule has 1 aromatic carbocycles. The van der Waals surface area contributed by atoms with Crippen LogP contribution in [0.5, 0.6) is 0 Å². The van der Waals surface area contributed by atoms with Gasteiger partial charge in [0.15, 0.2) is 5.16 Å². The maximum absolute atomic E-state index is 12.2. The lowest BCUT2D eigenvalue weighted by molar-refractivity contribution is -0.118. The fourth-order valence-electron chi connectivity index (χ4n) is 3.15. The first-order valence-corrected chi connectivity index (χ1v) is 10.7. The van der Waals surface area contributed by atoms with Crippen molar-refractivity contribution in [3.8, 4) is 0 Å². The van der Waals surface area contributed by atoms with Crippen LogP contribution < -0.4 is 10.2 Å². The van der Waals surface area contributed by atoms with Crippen LogP contribution in [-0.2, 0) is 11.3 Å². The van der Waals surface area contributed by atoms with Crippen molar-refractivity contribution in [2.75, 3.05) is 30.3 Å². The summed E-state index contributed by atoms with van der Waals surface area (Å²) in [5.41, 5.74) is 2.45. The number of hydrogen-bond donors (Lipinski definition) is 1. The highest BCUT2D eigenvalue weighted by Gasteiger charge is 2.30. The Balaban J connectivity index is 1.44. The summed E-state index contributed by atoms with van der Waals surface area (Å²) in [4.78, 5) is 14.5. The van der Waals surface area contributed by atoms with Gasteiger partial charge in [0.1, 0.15) is 5.82 Å². The van der Waals surface area contributed by atoms with Gasteiger partial charge in [0, 0.05) is 37.8 Å². The number of thioether (sulfide) groups is 1. The standard InChI is InChI=1S/C20H29N5OS/c1-4-24(17-8-6-7-15(3)13-17)12-11-21-18(26)14-27-20-23-22-19(16-9-10-16)25(20)5-2/h6-8,13,16H,4-5,9-12,14H2,1-3H3,(H,21,26). The predicted octanol–water partition coefficient (Wildman–Crippen LogP) is 3.22. The van der Waals surface area contributed by atoms with Gasteiger partial charge in [-0.1, -0.05) is 23.9 Å². The van der Waals surface area contributed by atoms with Gasteiger partial charge in [-0.25, -0.2) is 0 Å². The quantitative estimate of drug-likeness (QED) is 0.634. The van der Waals surface area contributed by atoms with Gasteiger partial charge < -0.3 is 14.8 Å². The van der Waals surface area contributed by atoms with E-state index in [1.807, 2.05) is 0 Å². The van der Waals surface area contributed by atoms with E-state index < -0.39 is 0 Å². The van der Waals surface area contributed by atoms with Crippen molar-refractivity contribution in [2.45, 2.75) is 51.2 Å². The van der Waals surface area contributed by atoms with E-state index in [1.54, 1.807) is 0 Å². The van der Waals surface area contributed by atoms with Gasteiger partial charge in [0.2, 0.25) is 5.91 Å². The SMILES string of the molecule is CCN(CCNC(=O)CSc1nnc(C2CC2)n1CC)c1cccc(C)c1. The molecule has 0 atom stereocenters. The van der Waals surface area contributed by atoms with E-state index in [9.17, 15) is 4.79 Å². The molecule has 1 heterocycles. The zero-order valence-electron chi connectivity index (χ0n) is 16.4. The minimum Gasteiger partial charge on any atom is -0.370 e. The van der Waals surface area contributed by atoms with Crippen LogP contribution in [-0.4, -0.2) is 46.1 Å². The molecule has 1 fully saturated rings. The summed E-state index contributed by atoms with van der Waals surface area (Å²) in [6.07, 6.45) is 2.41. The third kappa shape index (κ3) is 5.25. The van der Waals surface area contributed by atoms with Crippen molar-refractivity contribution in [3.63, 3.8) is 0 Å². The van der Waals surface area contributed by atoms with Crippen molar-refractivity contribution in [2.24, 2.45) is 0 Å². The highest BCUT2D eigenvalue weighted by molar-refractivity contribution is 7.99. The number of aromatic nitrogens is 3. The lowest BCUT2D eigenvalue weighted by atomic mass is 10.2. The minimum atomic E-state index is 0.0407. The molecule has 146 valence electrons. The average molecular weight is 388 g/mol. The highest BCUT2D eigenvalue weighted by atomic mass is 32.2. The number of likely N-dealkylation sites (N-methyl/N-ethyl adjacent to an activating group) is 1. The van der Waals surface area contributed by atoms with Crippen LogP contribution >= 0.6 is 11.8 Å². The summed E-state index contributed by atoms with van der Waals surface area (Å²) in [6, 6.07) is 8.46. The smallest absolute Gasteiger partial charge is 0.230 e. The second-order valence-electron chi connectivity index (χ2n) is 6.92. The zero-order valence-corrected chi connectivity index (χ0v) is 17.3. The zero-order chi connectivity index (χ0) is 19.2. The summed E-state index contributed by atoms with van der Waals surface area (Å²) in [5.74, 6) is 2.07. The van der Waals surface area contributed by atoms with E-state index in [1.165, 1.54) is 35.9 Å². The normalized spacial score (nSPS) is 13.6. The highest BCUT2D eigenvalue weighted by Crippen LogP contribution is 2.39. The van der Waals surface area contributed by atoms with Gasteiger partial charge >= 0.3 is 0 Å². The average Bonchev–Trinajstić information content (AvgIpc) is 3.43. The molecule has 0 bridgehead atoms. The second-order valence-corrected chi connectivity index (χ2v) is 7.86. The summed E-state index contributed by atoms with van der Waals surface area (Å²) in [6.45, 7) is 9.53. The molecule has 1 saturated carbocycles. The number of nitrogens with one attached hydrogen (secondary N) is 1. The lowest BCUT2D eigenvalue weighted by Gasteiger charge is -2.23. The van der Waals surface area contributed by atoms with Crippen molar-refractivity contribution in [3.05, 3.63) is 35.7 Å². The topological polar surface area (TPSA) is 63.1 Å². The molecule has 1 amide bonds. The summed E-state index contributed by atoms with van der Waals surface area (Å²) < 4.78 is 2.15. The fraction of sp³-hybridized carbons (Fsp3) is 0.550. The molecule has 0 radical (unpaired) electrons. The van der Waals surface area contributed by atoms with Crippen LogP contribution in [0.15, 0.2) is 29.4 Å². The van der Waals surface area contributed by atoms with Gasteiger partial charge in [-0.15, -0.1) is 10.2 Å². The van der Waals surface area contributed by atoms with E-state index in [2.05, 4.69) is 70.0 Å².